The number of fused-ring (bicyclic) bond motifs is 1. The Kier molecular flexibility index (Phi) is 6.41. The van der Waals surface area contributed by atoms with E-state index in [1.165, 1.54) is 19.3 Å². The van der Waals surface area contributed by atoms with Crippen LogP contribution in [-0.4, -0.2) is 37.9 Å². The van der Waals surface area contributed by atoms with E-state index in [9.17, 15) is 23.2 Å². The summed E-state index contributed by atoms with van der Waals surface area (Å²) < 4.78 is 39.6. The van der Waals surface area contributed by atoms with Crippen LogP contribution in [0.15, 0.2) is 24.7 Å². The molecule has 3 heterocycles. The molecule has 0 unspecified atom stereocenters. The topological polar surface area (TPSA) is 119 Å². The SMILES string of the molecule is CC(=O)N[C@H]1CC[C@@H]([C@@H](C)Nc2ncc(C#N)c(-c3c[nH]c4ncc(C(F)(F)F)cc34)n2)CC1. The zero-order chi connectivity index (χ0) is 24.5. The zero-order valence-electron chi connectivity index (χ0n) is 18.7. The number of halogens is 3. The standard InChI is InChI=1S/C23H24F3N7O/c1-12(14-3-5-17(6-4-14)32-13(2)34)31-22-30-9-15(8-27)20(33-22)19-11-29-21-18(19)7-16(10-28-21)23(24,25)26/h7,9-12,14,17H,3-6H2,1-2H3,(H,28,29)(H,32,34)(H,30,31,33)/t12-,14-,17+/m1/s1. The second-order valence-electron chi connectivity index (χ2n) is 8.63. The maximum absolute atomic E-state index is 13.2. The van der Waals surface area contributed by atoms with Gasteiger partial charge in [0.15, 0.2) is 0 Å². The molecule has 1 saturated carbocycles. The lowest BCUT2D eigenvalue weighted by Gasteiger charge is -2.32. The van der Waals surface area contributed by atoms with E-state index in [0.717, 1.165) is 37.9 Å². The number of nitriles is 1. The van der Waals surface area contributed by atoms with E-state index in [4.69, 9.17) is 0 Å². The van der Waals surface area contributed by atoms with Crippen LogP contribution in [0.2, 0.25) is 0 Å². The Balaban J connectivity index is 1.58. The number of nitrogens with zero attached hydrogens (tertiary/aromatic N) is 4. The molecule has 1 atom stereocenters. The molecule has 1 aliphatic carbocycles. The Morgan fingerprint density at radius 2 is 1.97 bits per heavy atom. The average Bonchev–Trinajstić information content (AvgIpc) is 3.21. The van der Waals surface area contributed by atoms with Gasteiger partial charge in [0.1, 0.15) is 11.7 Å². The van der Waals surface area contributed by atoms with E-state index in [-0.39, 0.29) is 40.3 Å². The van der Waals surface area contributed by atoms with Crippen LogP contribution >= 0.6 is 0 Å². The summed E-state index contributed by atoms with van der Waals surface area (Å²) in [7, 11) is 0. The van der Waals surface area contributed by atoms with Gasteiger partial charge in [-0.05, 0) is 44.6 Å². The number of alkyl halides is 3. The molecule has 178 valence electrons. The maximum atomic E-state index is 13.2. The van der Waals surface area contributed by atoms with E-state index in [1.54, 1.807) is 0 Å². The third-order valence-electron chi connectivity index (χ3n) is 6.27. The van der Waals surface area contributed by atoms with Crippen molar-refractivity contribution < 1.29 is 18.0 Å². The second-order valence-corrected chi connectivity index (χ2v) is 8.63. The van der Waals surface area contributed by atoms with Gasteiger partial charge in [-0.3, -0.25) is 4.79 Å². The molecule has 0 spiro atoms. The number of hydrogen-bond acceptors (Lipinski definition) is 6. The fourth-order valence-corrected chi connectivity index (χ4v) is 4.47. The molecule has 0 bridgehead atoms. The Hall–Kier alpha value is -3.68. The predicted molar refractivity (Wildman–Crippen MR) is 119 cm³/mol. The number of aromatic nitrogens is 4. The first-order valence-corrected chi connectivity index (χ1v) is 11.0. The van der Waals surface area contributed by atoms with Crippen molar-refractivity contribution in [2.24, 2.45) is 5.92 Å². The Morgan fingerprint density at radius 1 is 1.24 bits per heavy atom. The molecule has 0 radical (unpaired) electrons. The van der Waals surface area contributed by atoms with Gasteiger partial charge in [-0.2, -0.15) is 18.4 Å². The normalized spacial score (nSPS) is 19.4. The van der Waals surface area contributed by atoms with Gasteiger partial charge in [-0.1, -0.05) is 0 Å². The summed E-state index contributed by atoms with van der Waals surface area (Å²) in [6.45, 7) is 3.54. The first-order chi connectivity index (χ1) is 16.2. The smallest absolute Gasteiger partial charge is 0.354 e. The molecule has 3 aromatic rings. The van der Waals surface area contributed by atoms with E-state index < -0.39 is 11.7 Å². The predicted octanol–water partition coefficient (Wildman–Crippen LogP) is 4.41. The van der Waals surface area contributed by atoms with Gasteiger partial charge in [-0.25, -0.2) is 15.0 Å². The number of anilines is 1. The van der Waals surface area contributed by atoms with Crippen LogP contribution in [0.4, 0.5) is 19.1 Å². The van der Waals surface area contributed by atoms with E-state index in [0.29, 0.717) is 17.4 Å². The molecule has 1 aliphatic rings. The lowest BCUT2D eigenvalue weighted by atomic mass is 9.82. The Bertz CT molecular complexity index is 1240. The molecular formula is C23H24F3N7O. The van der Waals surface area contributed by atoms with E-state index in [2.05, 4.69) is 30.6 Å². The number of carbonyl (C=O) groups excluding carboxylic acids is 1. The summed E-state index contributed by atoms with van der Waals surface area (Å²) in [6, 6.07) is 3.23. The molecule has 0 aromatic carbocycles. The summed E-state index contributed by atoms with van der Waals surface area (Å²) in [5.74, 6) is 0.613. The van der Waals surface area contributed by atoms with Crippen LogP contribution in [-0.2, 0) is 11.0 Å². The molecule has 4 rings (SSSR count). The molecule has 3 N–H and O–H groups in total. The number of rotatable bonds is 5. The third-order valence-corrected chi connectivity index (χ3v) is 6.27. The van der Waals surface area contributed by atoms with Crippen LogP contribution < -0.4 is 10.6 Å². The largest absolute Gasteiger partial charge is 0.417 e. The fourth-order valence-electron chi connectivity index (χ4n) is 4.47. The Labute approximate surface area is 194 Å². The second kappa shape index (κ2) is 9.29. The molecule has 1 fully saturated rings. The summed E-state index contributed by atoms with van der Waals surface area (Å²) in [6.07, 6.45) is 2.72. The maximum Gasteiger partial charge on any atom is 0.417 e. The van der Waals surface area contributed by atoms with E-state index in [1.807, 2.05) is 13.0 Å². The van der Waals surface area contributed by atoms with Crippen LogP contribution in [0.1, 0.15) is 50.7 Å². The van der Waals surface area contributed by atoms with Crippen LogP contribution in [0.3, 0.4) is 0 Å². The minimum Gasteiger partial charge on any atom is -0.354 e. The van der Waals surface area contributed by atoms with Gasteiger partial charge in [-0.15, -0.1) is 0 Å². The number of carbonyl (C=O) groups is 1. The van der Waals surface area contributed by atoms with Gasteiger partial charge in [0, 0.05) is 42.4 Å². The van der Waals surface area contributed by atoms with Crippen molar-refractivity contribution in [1.82, 2.24) is 25.3 Å². The minimum atomic E-state index is -4.54. The number of amides is 1. The van der Waals surface area contributed by atoms with Crippen molar-refractivity contribution in [3.63, 3.8) is 0 Å². The van der Waals surface area contributed by atoms with Crippen molar-refractivity contribution in [1.29, 1.82) is 5.26 Å². The molecule has 0 saturated heterocycles. The Morgan fingerprint density at radius 3 is 2.62 bits per heavy atom. The molecule has 34 heavy (non-hydrogen) atoms. The van der Waals surface area contributed by atoms with Crippen molar-refractivity contribution in [2.45, 2.75) is 57.8 Å². The highest BCUT2D eigenvalue weighted by Gasteiger charge is 2.32. The molecule has 11 heteroatoms. The van der Waals surface area contributed by atoms with E-state index >= 15 is 0 Å². The number of nitrogens with one attached hydrogen (secondary N) is 3. The summed E-state index contributed by atoms with van der Waals surface area (Å²) >= 11 is 0. The molecule has 3 aromatic heterocycles. The summed E-state index contributed by atoms with van der Waals surface area (Å²) in [5, 5.41) is 16.0. The van der Waals surface area contributed by atoms with Crippen molar-refractivity contribution in [2.75, 3.05) is 5.32 Å². The minimum absolute atomic E-state index is 0.0250. The lowest BCUT2D eigenvalue weighted by Crippen LogP contribution is -2.39. The highest BCUT2D eigenvalue weighted by atomic mass is 19.4. The molecular weight excluding hydrogens is 447 g/mol. The van der Waals surface area contributed by atoms with Crippen molar-refractivity contribution >= 4 is 22.9 Å². The number of H-pyrrole nitrogens is 1. The van der Waals surface area contributed by atoms with Crippen LogP contribution in [0.5, 0.6) is 0 Å². The third kappa shape index (κ3) is 4.95. The first-order valence-electron chi connectivity index (χ1n) is 11.0. The van der Waals surface area contributed by atoms with Crippen molar-refractivity contribution in [3.05, 3.63) is 35.8 Å². The molecule has 1 amide bonds. The first kappa shape index (κ1) is 23.5. The number of aromatic amines is 1. The van der Waals surface area contributed by atoms with Crippen LogP contribution in [0, 0.1) is 17.2 Å². The molecule has 8 nitrogen and oxygen atoms in total. The van der Waals surface area contributed by atoms with Gasteiger partial charge in [0.2, 0.25) is 11.9 Å². The van der Waals surface area contributed by atoms with Crippen LogP contribution in [0.25, 0.3) is 22.3 Å². The lowest BCUT2D eigenvalue weighted by molar-refractivity contribution is -0.137. The van der Waals surface area contributed by atoms with Gasteiger partial charge in [0.05, 0.1) is 23.0 Å². The fraction of sp³-hybridized carbons (Fsp3) is 0.435. The average molecular weight is 471 g/mol. The van der Waals surface area contributed by atoms with Crippen molar-refractivity contribution in [3.8, 4) is 17.3 Å². The summed E-state index contributed by atoms with van der Waals surface area (Å²) in [5.41, 5.74) is 0.111. The number of pyridine rings is 1. The van der Waals surface area contributed by atoms with Gasteiger partial charge in [0.25, 0.3) is 0 Å². The quantitative estimate of drug-likeness (QED) is 0.507. The highest BCUT2D eigenvalue weighted by Crippen LogP contribution is 2.35. The highest BCUT2D eigenvalue weighted by molar-refractivity contribution is 5.94. The number of hydrogen-bond donors (Lipinski definition) is 3. The zero-order valence-corrected chi connectivity index (χ0v) is 18.7. The van der Waals surface area contributed by atoms with Gasteiger partial charge < -0.3 is 15.6 Å². The monoisotopic (exact) mass is 471 g/mol. The summed E-state index contributed by atoms with van der Waals surface area (Å²) in [4.78, 5) is 26.7. The molecule has 0 aliphatic heterocycles. The van der Waals surface area contributed by atoms with Gasteiger partial charge >= 0.3 is 6.18 Å².